The second kappa shape index (κ2) is 6.43. The number of amides is 1. The summed E-state index contributed by atoms with van der Waals surface area (Å²) in [7, 11) is 0. The summed E-state index contributed by atoms with van der Waals surface area (Å²) in [5.41, 5.74) is 2.87. The third kappa shape index (κ3) is 3.61. The van der Waals surface area contributed by atoms with Crippen molar-refractivity contribution in [3.05, 3.63) is 47.2 Å². The predicted octanol–water partition coefficient (Wildman–Crippen LogP) is 3.09. The summed E-state index contributed by atoms with van der Waals surface area (Å²) in [5, 5.41) is 9.69. The van der Waals surface area contributed by atoms with Gasteiger partial charge in [-0.25, -0.2) is 0 Å². The van der Waals surface area contributed by atoms with Crippen molar-refractivity contribution in [3.8, 4) is 0 Å². The topological polar surface area (TPSA) is 57.8 Å². The van der Waals surface area contributed by atoms with Crippen LogP contribution in [-0.4, -0.2) is 22.4 Å². The van der Waals surface area contributed by atoms with E-state index in [-0.39, 0.29) is 5.91 Å². The zero-order valence-electron chi connectivity index (χ0n) is 11.1. The molecule has 0 saturated carbocycles. The Kier molecular flexibility index (Phi) is 4.63. The molecule has 0 spiro atoms. The Labute approximate surface area is 117 Å². The first-order chi connectivity index (χ1) is 9.22. The Morgan fingerprint density at radius 2 is 2.11 bits per heavy atom. The Morgan fingerprint density at radius 3 is 2.68 bits per heavy atom. The minimum Gasteiger partial charge on any atom is -0.305 e. The molecule has 0 fully saturated rings. The molecule has 0 bridgehead atoms. The third-order valence-electron chi connectivity index (χ3n) is 2.78. The number of carbonyl (C=O) groups is 1. The second-order valence-corrected chi connectivity index (χ2v) is 5.08. The number of aromatic amines is 1. The number of aromatic nitrogens is 2. The number of H-pyrrole nitrogens is 1. The summed E-state index contributed by atoms with van der Waals surface area (Å²) in [4.78, 5) is 12.0. The maximum absolute atomic E-state index is 12.0. The highest BCUT2D eigenvalue weighted by Gasteiger charge is 2.08. The molecule has 1 aromatic heterocycles. The molecule has 0 radical (unpaired) electrons. The second-order valence-electron chi connectivity index (χ2n) is 4.22. The minimum absolute atomic E-state index is 0.134. The van der Waals surface area contributed by atoms with E-state index in [0.717, 1.165) is 17.9 Å². The van der Waals surface area contributed by atoms with Crippen LogP contribution < -0.4 is 5.32 Å². The van der Waals surface area contributed by atoms with E-state index >= 15 is 0 Å². The van der Waals surface area contributed by atoms with Gasteiger partial charge in [-0.15, -0.1) is 0 Å². The van der Waals surface area contributed by atoms with Crippen LogP contribution in [0.4, 0.5) is 5.82 Å². The van der Waals surface area contributed by atoms with Gasteiger partial charge in [-0.2, -0.15) is 16.9 Å². The molecular weight excluding hydrogens is 258 g/mol. The fourth-order valence-corrected chi connectivity index (χ4v) is 2.24. The van der Waals surface area contributed by atoms with Crippen LogP contribution in [0.3, 0.4) is 0 Å². The van der Waals surface area contributed by atoms with Gasteiger partial charge >= 0.3 is 0 Å². The standard InChI is InChI=1S/C14H17N3OS/c1-3-12-8-13(17-16-12)15-14(18)11-6-4-10(5-7-11)9-19-2/h4-8H,3,9H2,1-2H3,(H2,15,16,17,18). The highest BCUT2D eigenvalue weighted by atomic mass is 32.2. The SMILES string of the molecule is CCc1cc(NC(=O)c2ccc(CSC)cc2)n[nH]1. The molecule has 2 N–H and O–H groups in total. The average Bonchev–Trinajstić information content (AvgIpc) is 2.87. The summed E-state index contributed by atoms with van der Waals surface area (Å²) >= 11 is 1.76. The van der Waals surface area contributed by atoms with Gasteiger partial charge in [0, 0.05) is 23.1 Å². The molecule has 100 valence electrons. The number of carbonyl (C=O) groups excluding carboxylic acids is 1. The Hall–Kier alpha value is -1.75. The molecule has 0 saturated heterocycles. The predicted molar refractivity (Wildman–Crippen MR) is 79.6 cm³/mol. The van der Waals surface area contributed by atoms with E-state index < -0.39 is 0 Å². The van der Waals surface area contributed by atoms with Crippen molar-refractivity contribution in [2.45, 2.75) is 19.1 Å². The first kappa shape index (κ1) is 13.7. The third-order valence-corrected chi connectivity index (χ3v) is 3.40. The number of benzene rings is 1. The van der Waals surface area contributed by atoms with Crippen molar-refractivity contribution in [2.75, 3.05) is 11.6 Å². The van der Waals surface area contributed by atoms with Gasteiger partial charge in [0.15, 0.2) is 5.82 Å². The number of hydrogen-bond donors (Lipinski definition) is 2. The first-order valence-corrected chi connectivity index (χ1v) is 7.56. The van der Waals surface area contributed by atoms with Gasteiger partial charge in [0.25, 0.3) is 5.91 Å². The molecular formula is C14H17N3OS. The molecule has 4 nitrogen and oxygen atoms in total. The van der Waals surface area contributed by atoms with Crippen LogP contribution >= 0.6 is 11.8 Å². The van der Waals surface area contributed by atoms with E-state index in [0.29, 0.717) is 11.4 Å². The highest BCUT2D eigenvalue weighted by Crippen LogP contribution is 2.12. The zero-order chi connectivity index (χ0) is 13.7. The van der Waals surface area contributed by atoms with E-state index in [1.807, 2.05) is 37.3 Å². The van der Waals surface area contributed by atoms with Gasteiger partial charge in [0.2, 0.25) is 0 Å². The largest absolute Gasteiger partial charge is 0.305 e. The molecule has 0 aliphatic carbocycles. The molecule has 2 aromatic rings. The molecule has 0 unspecified atom stereocenters. The van der Waals surface area contributed by atoms with Crippen LogP contribution in [0.25, 0.3) is 0 Å². The highest BCUT2D eigenvalue weighted by molar-refractivity contribution is 7.97. The maximum Gasteiger partial charge on any atom is 0.256 e. The summed E-state index contributed by atoms with van der Waals surface area (Å²) in [5.74, 6) is 1.39. The molecule has 19 heavy (non-hydrogen) atoms. The lowest BCUT2D eigenvalue weighted by Gasteiger charge is -2.03. The van der Waals surface area contributed by atoms with Crippen LogP contribution in [0.5, 0.6) is 0 Å². The zero-order valence-corrected chi connectivity index (χ0v) is 11.9. The molecule has 2 rings (SSSR count). The van der Waals surface area contributed by atoms with Gasteiger partial charge < -0.3 is 5.32 Å². The van der Waals surface area contributed by atoms with Crippen molar-refractivity contribution < 1.29 is 4.79 Å². The molecule has 5 heteroatoms. The molecule has 0 atom stereocenters. The normalized spacial score (nSPS) is 10.4. The van der Waals surface area contributed by atoms with Crippen LogP contribution in [0, 0.1) is 0 Å². The Balaban J connectivity index is 2.02. The number of anilines is 1. The van der Waals surface area contributed by atoms with Gasteiger partial charge in [0.1, 0.15) is 0 Å². The van der Waals surface area contributed by atoms with E-state index in [1.54, 1.807) is 11.8 Å². The fourth-order valence-electron chi connectivity index (χ4n) is 1.71. The number of hydrogen-bond acceptors (Lipinski definition) is 3. The number of nitrogens with one attached hydrogen (secondary N) is 2. The summed E-state index contributed by atoms with van der Waals surface area (Å²) in [6.07, 6.45) is 2.93. The van der Waals surface area contributed by atoms with Crippen molar-refractivity contribution in [2.24, 2.45) is 0 Å². The number of aryl methyl sites for hydroxylation is 1. The summed E-state index contributed by atoms with van der Waals surface area (Å²) < 4.78 is 0. The summed E-state index contributed by atoms with van der Waals surface area (Å²) in [6.45, 7) is 2.03. The van der Waals surface area contributed by atoms with Crippen LogP contribution in [0.2, 0.25) is 0 Å². The molecule has 0 aliphatic rings. The maximum atomic E-state index is 12.0. The minimum atomic E-state index is -0.134. The Bertz CT molecular complexity index is 548. The lowest BCUT2D eigenvalue weighted by molar-refractivity contribution is 0.102. The van der Waals surface area contributed by atoms with Crippen LogP contribution in [0.15, 0.2) is 30.3 Å². The van der Waals surface area contributed by atoms with Crippen LogP contribution in [0.1, 0.15) is 28.5 Å². The summed E-state index contributed by atoms with van der Waals surface area (Å²) in [6, 6.07) is 9.49. The molecule has 1 heterocycles. The average molecular weight is 275 g/mol. The van der Waals surface area contributed by atoms with Crippen molar-refractivity contribution in [3.63, 3.8) is 0 Å². The van der Waals surface area contributed by atoms with Gasteiger partial charge in [0.05, 0.1) is 0 Å². The number of rotatable bonds is 5. The lowest BCUT2D eigenvalue weighted by atomic mass is 10.1. The fraction of sp³-hybridized carbons (Fsp3) is 0.286. The van der Waals surface area contributed by atoms with Crippen LogP contribution in [-0.2, 0) is 12.2 Å². The van der Waals surface area contributed by atoms with Crippen molar-refractivity contribution >= 4 is 23.5 Å². The van der Waals surface area contributed by atoms with Crippen molar-refractivity contribution in [1.82, 2.24) is 10.2 Å². The van der Waals surface area contributed by atoms with E-state index in [9.17, 15) is 4.79 Å². The first-order valence-electron chi connectivity index (χ1n) is 6.16. The lowest BCUT2D eigenvalue weighted by Crippen LogP contribution is -2.12. The van der Waals surface area contributed by atoms with Gasteiger partial charge in [-0.1, -0.05) is 19.1 Å². The Morgan fingerprint density at radius 1 is 1.37 bits per heavy atom. The number of nitrogens with zero attached hydrogens (tertiary/aromatic N) is 1. The molecule has 1 amide bonds. The molecule has 0 aliphatic heterocycles. The molecule has 1 aromatic carbocycles. The quantitative estimate of drug-likeness (QED) is 0.881. The van der Waals surface area contributed by atoms with Crippen molar-refractivity contribution in [1.29, 1.82) is 0 Å². The monoisotopic (exact) mass is 275 g/mol. The van der Waals surface area contributed by atoms with E-state index in [1.165, 1.54) is 5.56 Å². The van der Waals surface area contributed by atoms with E-state index in [2.05, 4.69) is 21.8 Å². The van der Waals surface area contributed by atoms with Gasteiger partial charge in [-0.3, -0.25) is 9.89 Å². The smallest absolute Gasteiger partial charge is 0.256 e. The van der Waals surface area contributed by atoms with E-state index in [4.69, 9.17) is 0 Å². The number of thioether (sulfide) groups is 1. The van der Waals surface area contributed by atoms with Gasteiger partial charge in [-0.05, 0) is 30.4 Å².